The van der Waals surface area contributed by atoms with Gasteiger partial charge >= 0.3 is 0 Å². The highest BCUT2D eigenvalue weighted by atomic mass is 15.3. The van der Waals surface area contributed by atoms with Gasteiger partial charge in [-0.05, 0) is 19.8 Å². The van der Waals surface area contributed by atoms with E-state index >= 15 is 0 Å². The van der Waals surface area contributed by atoms with Crippen molar-refractivity contribution in [1.82, 2.24) is 9.97 Å². The highest BCUT2D eigenvalue weighted by Crippen LogP contribution is 2.17. The fraction of sp³-hybridized carbons (Fsp3) is 0.556. The Labute approximate surface area is 77.8 Å². The van der Waals surface area contributed by atoms with E-state index in [1.54, 1.807) is 6.20 Å². The van der Waals surface area contributed by atoms with Crippen LogP contribution < -0.4 is 10.6 Å². The molecule has 0 atom stereocenters. The van der Waals surface area contributed by atoms with Gasteiger partial charge < -0.3 is 10.6 Å². The molecule has 0 amide bonds. The van der Waals surface area contributed by atoms with Gasteiger partial charge in [-0.15, -0.1) is 0 Å². The zero-order valence-corrected chi connectivity index (χ0v) is 7.82. The predicted octanol–water partition coefficient (Wildman–Crippen LogP) is 0.967. The number of aryl methyl sites for hydroxylation is 1. The molecule has 0 aliphatic carbocycles. The summed E-state index contributed by atoms with van der Waals surface area (Å²) in [5.74, 6) is 0.823. The van der Waals surface area contributed by atoms with E-state index in [9.17, 15) is 0 Å². The van der Waals surface area contributed by atoms with E-state index in [1.807, 2.05) is 6.92 Å². The first-order chi connectivity index (χ1) is 6.27. The van der Waals surface area contributed by atoms with Crippen LogP contribution in [-0.2, 0) is 0 Å². The monoisotopic (exact) mass is 178 g/mol. The maximum Gasteiger partial charge on any atom is 0.225 e. The average molecular weight is 178 g/mol. The Kier molecular flexibility index (Phi) is 2.04. The van der Waals surface area contributed by atoms with Gasteiger partial charge in [0, 0.05) is 13.1 Å². The van der Waals surface area contributed by atoms with Crippen LogP contribution >= 0.6 is 0 Å². The quantitative estimate of drug-likeness (QED) is 0.696. The number of nitrogens with two attached hydrogens (primary N) is 1. The first kappa shape index (κ1) is 8.29. The Bertz CT molecular complexity index is 304. The third kappa shape index (κ3) is 1.56. The summed E-state index contributed by atoms with van der Waals surface area (Å²) in [6.45, 7) is 4.06. The first-order valence-corrected chi connectivity index (χ1v) is 4.61. The molecule has 1 aliphatic rings. The zero-order chi connectivity index (χ0) is 9.26. The molecule has 2 N–H and O–H groups in total. The zero-order valence-electron chi connectivity index (χ0n) is 7.82. The van der Waals surface area contributed by atoms with Crippen molar-refractivity contribution in [2.24, 2.45) is 0 Å². The SMILES string of the molecule is Cc1nc(N2CCCC2)ncc1N. The summed E-state index contributed by atoms with van der Waals surface area (Å²) >= 11 is 0. The van der Waals surface area contributed by atoms with E-state index in [0.717, 1.165) is 24.7 Å². The minimum atomic E-state index is 0.669. The molecule has 0 bridgehead atoms. The van der Waals surface area contributed by atoms with E-state index in [4.69, 9.17) is 5.73 Å². The molecule has 4 nitrogen and oxygen atoms in total. The van der Waals surface area contributed by atoms with Crippen molar-refractivity contribution in [2.45, 2.75) is 19.8 Å². The number of hydrogen-bond donors (Lipinski definition) is 1. The fourth-order valence-electron chi connectivity index (χ4n) is 1.53. The van der Waals surface area contributed by atoms with Gasteiger partial charge in [0.15, 0.2) is 0 Å². The lowest BCUT2D eigenvalue weighted by Gasteiger charge is -2.15. The molecular formula is C9H14N4. The highest BCUT2D eigenvalue weighted by Gasteiger charge is 2.14. The number of nitrogen functional groups attached to an aromatic ring is 1. The van der Waals surface area contributed by atoms with Gasteiger partial charge in [-0.3, -0.25) is 0 Å². The molecule has 0 unspecified atom stereocenters. The molecule has 4 heteroatoms. The third-order valence-electron chi connectivity index (χ3n) is 2.39. The van der Waals surface area contributed by atoms with Crippen molar-refractivity contribution in [3.63, 3.8) is 0 Å². The third-order valence-corrected chi connectivity index (χ3v) is 2.39. The second-order valence-corrected chi connectivity index (χ2v) is 3.40. The van der Waals surface area contributed by atoms with E-state index in [1.165, 1.54) is 12.8 Å². The summed E-state index contributed by atoms with van der Waals surface area (Å²) in [6, 6.07) is 0. The van der Waals surface area contributed by atoms with Gasteiger partial charge in [0.25, 0.3) is 0 Å². The van der Waals surface area contributed by atoms with Crippen molar-refractivity contribution in [3.8, 4) is 0 Å². The summed E-state index contributed by atoms with van der Waals surface area (Å²) in [5.41, 5.74) is 7.19. The van der Waals surface area contributed by atoms with Crippen LogP contribution in [0, 0.1) is 6.92 Å². The molecule has 1 fully saturated rings. The molecule has 0 spiro atoms. The minimum absolute atomic E-state index is 0.669. The summed E-state index contributed by atoms with van der Waals surface area (Å²) in [4.78, 5) is 10.8. The molecule has 0 radical (unpaired) electrons. The molecular weight excluding hydrogens is 164 g/mol. The summed E-state index contributed by atoms with van der Waals surface area (Å²) < 4.78 is 0. The van der Waals surface area contributed by atoms with Gasteiger partial charge in [0.05, 0.1) is 17.6 Å². The Morgan fingerprint density at radius 1 is 1.38 bits per heavy atom. The van der Waals surface area contributed by atoms with E-state index in [0.29, 0.717) is 5.69 Å². The van der Waals surface area contributed by atoms with E-state index in [2.05, 4.69) is 14.9 Å². The van der Waals surface area contributed by atoms with Crippen molar-refractivity contribution in [3.05, 3.63) is 11.9 Å². The second kappa shape index (κ2) is 3.20. The minimum Gasteiger partial charge on any atom is -0.396 e. The maximum absolute atomic E-state index is 5.64. The smallest absolute Gasteiger partial charge is 0.225 e. The average Bonchev–Trinajstić information content (AvgIpc) is 2.62. The number of anilines is 2. The molecule has 13 heavy (non-hydrogen) atoms. The molecule has 0 saturated carbocycles. The summed E-state index contributed by atoms with van der Waals surface area (Å²) in [7, 11) is 0. The van der Waals surface area contributed by atoms with Crippen LogP contribution in [0.1, 0.15) is 18.5 Å². The van der Waals surface area contributed by atoms with Crippen LogP contribution in [0.4, 0.5) is 11.6 Å². The Hall–Kier alpha value is -1.32. The van der Waals surface area contributed by atoms with Crippen molar-refractivity contribution in [2.75, 3.05) is 23.7 Å². The van der Waals surface area contributed by atoms with Gasteiger partial charge in [-0.25, -0.2) is 9.97 Å². The highest BCUT2D eigenvalue weighted by molar-refractivity contribution is 5.44. The predicted molar refractivity (Wildman–Crippen MR) is 52.6 cm³/mol. The standard InChI is InChI=1S/C9H14N4/c1-7-8(10)6-11-9(12-7)13-4-2-3-5-13/h6H,2-5,10H2,1H3. The van der Waals surface area contributed by atoms with Crippen LogP contribution in [0.2, 0.25) is 0 Å². The van der Waals surface area contributed by atoms with Crippen molar-refractivity contribution >= 4 is 11.6 Å². The molecule has 2 heterocycles. The molecule has 70 valence electrons. The lowest BCUT2D eigenvalue weighted by Crippen LogP contribution is -2.20. The van der Waals surface area contributed by atoms with E-state index < -0.39 is 0 Å². The Morgan fingerprint density at radius 2 is 2.08 bits per heavy atom. The molecule has 1 aromatic rings. The summed E-state index contributed by atoms with van der Waals surface area (Å²) in [6.07, 6.45) is 4.18. The topological polar surface area (TPSA) is 55.0 Å². The molecule has 0 aromatic carbocycles. The van der Waals surface area contributed by atoms with Gasteiger partial charge in [-0.1, -0.05) is 0 Å². The van der Waals surface area contributed by atoms with E-state index in [-0.39, 0.29) is 0 Å². The molecule has 1 aliphatic heterocycles. The largest absolute Gasteiger partial charge is 0.396 e. The van der Waals surface area contributed by atoms with Crippen LogP contribution in [-0.4, -0.2) is 23.1 Å². The Morgan fingerprint density at radius 3 is 2.69 bits per heavy atom. The lowest BCUT2D eigenvalue weighted by molar-refractivity contribution is 0.890. The van der Waals surface area contributed by atoms with Gasteiger partial charge in [-0.2, -0.15) is 0 Å². The fourth-order valence-corrected chi connectivity index (χ4v) is 1.53. The van der Waals surface area contributed by atoms with Crippen molar-refractivity contribution in [1.29, 1.82) is 0 Å². The molecule has 1 saturated heterocycles. The number of rotatable bonds is 1. The van der Waals surface area contributed by atoms with Gasteiger partial charge in [0.2, 0.25) is 5.95 Å². The van der Waals surface area contributed by atoms with Crippen LogP contribution in [0.15, 0.2) is 6.20 Å². The first-order valence-electron chi connectivity index (χ1n) is 4.61. The lowest BCUT2D eigenvalue weighted by atomic mass is 10.4. The molecule has 1 aromatic heterocycles. The van der Waals surface area contributed by atoms with Crippen LogP contribution in [0.3, 0.4) is 0 Å². The molecule has 2 rings (SSSR count). The number of nitrogens with zero attached hydrogens (tertiary/aromatic N) is 3. The number of hydrogen-bond acceptors (Lipinski definition) is 4. The van der Waals surface area contributed by atoms with Crippen LogP contribution in [0.5, 0.6) is 0 Å². The van der Waals surface area contributed by atoms with Crippen LogP contribution in [0.25, 0.3) is 0 Å². The summed E-state index contributed by atoms with van der Waals surface area (Å²) in [5, 5.41) is 0. The maximum atomic E-state index is 5.64. The van der Waals surface area contributed by atoms with Crippen molar-refractivity contribution < 1.29 is 0 Å². The number of aromatic nitrogens is 2. The Balaban J connectivity index is 2.25. The van der Waals surface area contributed by atoms with Gasteiger partial charge in [0.1, 0.15) is 0 Å². The normalized spacial score (nSPS) is 16.5. The second-order valence-electron chi connectivity index (χ2n) is 3.40.